The summed E-state index contributed by atoms with van der Waals surface area (Å²) in [5.41, 5.74) is 4.12. The van der Waals surface area contributed by atoms with Gasteiger partial charge in [-0.05, 0) is 61.2 Å². The molecular formula is C30H35N3O4. The third kappa shape index (κ3) is 6.82. The molecular weight excluding hydrogens is 466 g/mol. The number of benzene rings is 3. The van der Waals surface area contributed by atoms with Gasteiger partial charge in [-0.25, -0.2) is 4.98 Å². The predicted molar refractivity (Wildman–Crippen MR) is 146 cm³/mol. The van der Waals surface area contributed by atoms with Crippen molar-refractivity contribution in [2.75, 3.05) is 27.4 Å². The van der Waals surface area contributed by atoms with Gasteiger partial charge < -0.3 is 24.1 Å². The van der Waals surface area contributed by atoms with E-state index in [0.717, 1.165) is 53.1 Å². The van der Waals surface area contributed by atoms with E-state index in [-0.39, 0.29) is 12.3 Å². The van der Waals surface area contributed by atoms with Crippen LogP contribution in [0, 0.1) is 6.92 Å². The second-order valence-corrected chi connectivity index (χ2v) is 8.96. The van der Waals surface area contributed by atoms with Crippen LogP contribution in [0.5, 0.6) is 17.2 Å². The second kappa shape index (κ2) is 12.8. The van der Waals surface area contributed by atoms with Gasteiger partial charge in [0.25, 0.3) is 0 Å². The lowest BCUT2D eigenvalue weighted by molar-refractivity contribution is -0.120. The zero-order chi connectivity index (χ0) is 26.0. The number of carbonyl (C=O) groups is 1. The monoisotopic (exact) mass is 501 g/mol. The minimum atomic E-state index is -0.0387. The van der Waals surface area contributed by atoms with Crippen LogP contribution in [0.3, 0.4) is 0 Å². The highest BCUT2D eigenvalue weighted by atomic mass is 16.5. The summed E-state index contributed by atoms with van der Waals surface area (Å²) in [6.07, 6.45) is 2.86. The number of nitrogens with one attached hydrogen (secondary N) is 1. The molecule has 7 nitrogen and oxygen atoms in total. The smallest absolute Gasteiger partial charge is 0.224 e. The SMILES string of the molecule is COc1ccc(CC(=O)NCCc2nc3ccccc3n2CCCCOc2ccccc2C)cc1OC. The molecule has 0 aliphatic carbocycles. The Morgan fingerprint density at radius 1 is 0.919 bits per heavy atom. The molecule has 1 aromatic heterocycles. The Kier molecular flexibility index (Phi) is 9.03. The van der Waals surface area contributed by atoms with Crippen molar-refractivity contribution in [3.63, 3.8) is 0 Å². The molecule has 194 valence electrons. The van der Waals surface area contributed by atoms with Crippen molar-refractivity contribution in [2.45, 2.75) is 39.2 Å². The summed E-state index contributed by atoms with van der Waals surface area (Å²) in [5, 5.41) is 3.03. The normalized spacial score (nSPS) is 10.9. The van der Waals surface area contributed by atoms with Gasteiger partial charge in [0.15, 0.2) is 11.5 Å². The number of carbonyl (C=O) groups excluding carboxylic acids is 1. The van der Waals surface area contributed by atoms with Gasteiger partial charge >= 0.3 is 0 Å². The molecule has 0 radical (unpaired) electrons. The number of ether oxygens (including phenoxy) is 3. The van der Waals surface area contributed by atoms with Crippen molar-refractivity contribution in [2.24, 2.45) is 0 Å². The first-order valence-corrected chi connectivity index (χ1v) is 12.7. The fraction of sp³-hybridized carbons (Fsp3) is 0.333. The number of aryl methyl sites for hydroxylation is 2. The predicted octanol–water partition coefficient (Wildman–Crippen LogP) is 5.12. The number of rotatable bonds is 13. The van der Waals surface area contributed by atoms with Gasteiger partial charge in [-0.1, -0.05) is 36.4 Å². The minimum Gasteiger partial charge on any atom is -0.493 e. The first kappa shape index (κ1) is 26.1. The number of amides is 1. The standard InChI is InChI=1S/C30H35N3O4/c1-22-10-4-7-13-26(22)37-19-9-8-18-33-25-12-6-5-11-24(25)32-29(33)16-17-31-30(34)21-23-14-15-27(35-2)28(20-23)36-3/h4-7,10-15,20H,8-9,16-19,21H2,1-3H3,(H,31,34). The van der Waals surface area contributed by atoms with Gasteiger partial charge in [-0.2, -0.15) is 0 Å². The Morgan fingerprint density at radius 2 is 1.70 bits per heavy atom. The first-order chi connectivity index (χ1) is 18.1. The number of fused-ring (bicyclic) bond motifs is 1. The van der Waals surface area contributed by atoms with E-state index >= 15 is 0 Å². The number of hydrogen-bond donors (Lipinski definition) is 1. The summed E-state index contributed by atoms with van der Waals surface area (Å²) in [4.78, 5) is 17.4. The Balaban J connectivity index is 1.30. The number of unbranched alkanes of at least 4 members (excludes halogenated alkanes) is 1. The van der Waals surface area contributed by atoms with E-state index < -0.39 is 0 Å². The van der Waals surface area contributed by atoms with Crippen LogP contribution in [-0.4, -0.2) is 42.8 Å². The van der Waals surface area contributed by atoms with Gasteiger partial charge in [-0.3, -0.25) is 4.79 Å². The molecule has 0 atom stereocenters. The average Bonchev–Trinajstić information content (AvgIpc) is 3.26. The van der Waals surface area contributed by atoms with Crippen LogP contribution >= 0.6 is 0 Å². The molecule has 0 saturated heterocycles. The quantitative estimate of drug-likeness (QED) is 0.257. The molecule has 0 bridgehead atoms. The topological polar surface area (TPSA) is 74.6 Å². The highest BCUT2D eigenvalue weighted by Gasteiger charge is 2.12. The van der Waals surface area contributed by atoms with Crippen LogP contribution in [0.4, 0.5) is 0 Å². The number of imidazole rings is 1. The van der Waals surface area contributed by atoms with Gasteiger partial charge in [0.05, 0.1) is 38.3 Å². The zero-order valence-electron chi connectivity index (χ0n) is 21.8. The molecule has 0 unspecified atom stereocenters. The molecule has 4 rings (SSSR count). The van der Waals surface area contributed by atoms with Gasteiger partial charge in [-0.15, -0.1) is 0 Å². The number of methoxy groups -OCH3 is 2. The molecule has 7 heteroatoms. The Labute approximate surface area is 218 Å². The maximum atomic E-state index is 12.6. The van der Waals surface area contributed by atoms with Crippen LogP contribution in [0.15, 0.2) is 66.7 Å². The minimum absolute atomic E-state index is 0.0387. The van der Waals surface area contributed by atoms with Gasteiger partial charge in [0.2, 0.25) is 5.91 Å². The van der Waals surface area contributed by atoms with Crippen molar-refractivity contribution in [3.8, 4) is 17.2 Å². The van der Waals surface area contributed by atoms with Crippen LogP contribution < -0.4 is 19.5 Å². The van der Waals surface area contributed by atoms with Crippen molar-refractivity contribution < 1.29 is 19.0 Å². The van der Waals surface area contributed by atoms with E-state index in [9.17, 15) is 4.79 Å². The summed E-state index contributed by atoms with van der Waals surface area (Å²) in [7, 11) is 3.18. The fourth-order valence-corrected chi connectivity index (χ4v) is 4.39. The van der Waals surface area contributed by atoms with E-state index in [1.165, 1.54) is 0 Å². The lowest BCUT2D eigenvalue weighted by atomic mass is 10.1. The molecule has 1 heterocycles. The summed E-state index contributed by atoms with van der Waals surface area (Å²) in [6.45, 7) is 4.11. The van der Waals surface area contributed by atoms with Crippen LogP contribution in [-0.2, 0) is 24.2 Å². The summed E-state index contributed by atoms with van der Waals surface area (Å²) >= 11 is 0. The largest absolute Gasteiger partial charge is 0.493 e. The highest BCUT2D eigenvalue weighted by molar-refractivity contribution is 5.79. The Bertz CT molecular complexity index is 1330. The van der Waals surface area contributed by atoms with Crippen LogP contribution in [0.25, 0.3) is 11.0 Å². The maximum absolute atomic E-state index is 12.6. The number of nitrogens with zero attached hydrogens (tertiary/aromatic N) is 2. The lowest BCUT2D eigenvalue weighted by Crippen LogP contribution is -2.28. The van der Waals surface area contributed by atoms with Crippen LogP contribution in [0.2, 0.25) is 0 Å². The van der Waals surface area contributed by atoms with E-state index in [1.807, 2.05) is 54.6 Å². The molecule has 4 aromatic rings. The van der Waals surface area contributed by atoms with Crippen molar-refractivity contribution in [3.05, 3.63) is 83.7 Å². The third-order valence-corrected chi connectivity index (χ3v) is 6.34. The molecule has 0 aliphatic heterocycles. The van der Waals surface area contributed by atoms with Crippen molar-refractivity contribution >= 4 is 16.9 Å². The zero-order valence-corrected chi connectivity index (χ0v) is 21.8. The lowest BCUT2D eigenvalue weighted by Gasteiger charge is -2.12. The molecule has 0 aliphatic rings. The molecule has 0 saturated carbocycles. The van der Waals surface area contributed by atoms with E-state index in [4.69, 9.17) is 19.2 Å². The van der Waals surface area contributed by atoms with Gasteiger partial charge in [0.1, 0.15) is 11.6 Å². The molecule has 0 fully saturated rings. The van der Waals surface area contributed by atoms with E-state index in [2.05, 4.69) is 28.9 Å². The summed E-state index contributed by atoms with van der Waals surface area (Å²) in [5.74, 6) is 3.15. The summed E-state index contributed by atoms with van der Waals surface area (Å²) < 4.78 is 18.8. The fourth-order valence-electron chi connectivity index (χ4n) is 4.39. The van der Waals surface area contributed by atoms with E-state index in [1.54, 1.807) is 14.2 Å². The second-order valence-electron chi connectivity index (χ2n) is 8.96. The molecule has 1 N–H and O–H groups in total. The summed E-state index contributed by atoms with van der Waals surface area (Å²) in [6, 6.07) is 21.8. The van der Waals surface area contributed by atoms with E-state index in [0.29, 0.717) is 31.1 Å². The average molecular weight is 502 g/mol. The van der Waals surface area contributed by atoms with Crippen molar-refractivity contribution in [1.29, 1.82) is 0 Å². The molecule has 37 heavy (non-hydrogen) atoms. The first-order valence-electron chi connectivity index (χ1n) is 12.7. The number of hydrogen-bond acceptors (Lipinski definition) is 5. The number of aromatic nitrogens is 2. The molecule has 0 spiro atoms. The molecule has 1 amide bonds. The number of para-hydroxylation sites is 3. The maximum Gasteiger partial charge on any atom is 0.224 e. The Hall–Kier alpha value is -4.00. The van der Waals surface area contributed by atoms with Crippen molar-refractivity contribution in [1.82, 2.24) is 14.9 Å². The highest BCUT2D eigenvalue weighted by Crippen LogP contribution is 2.27. The molecule has 3 aromatic carbocycles. The van der Waals surface area contributed by atoms with Gasteiger partial charge in [0, 0.05) is 19.5 Å². The Morgan fingerprint density at radius 3 is 2.51 bits per heavy atom. The van der Waals surface area contributed by atoms with Crippen LogP contribution in [0.1, 0.15) is 29.8 Å². The third-order valence-electron chi connectivity index (χ3n) is 6.34.